The van der Waals surface area contributed by atoms with E-state index in [2.05, 4.69) is 25.2 Å². The largest absolute Gasteiger partial charge is 0.325 e. The molecule has 0 bridgehead atoms. The lowest BCUT2D eigenvalue weighted by Gasteiger charge is -2.17. The van der Waals surface area contributed by atoms with Crippen LogP contribution in [0.4, 0.5) is 5.69 Å². The molecule has 98 valence electrons. The topological polar surface area (TPSA) is 29.1 Å². The number of carbonyl (C=O) groups excluding carboxylic acids is 1. The molecule has 0 saturated carbocycles. The fraction of sp³-hybridized carbons (Fsp3) is 0.562. The van der Waals surface area contributed by atoms with Gasteiger partial charge in [-0.15, -0.1) is 0 Å². The van der Waals surface area contributed by atoms with Gasteiger partial charge in [0.1, 0.15) is 0 Å². The Morgan fingerprint density at radius 1 is 1.22 bits per heavy atom. The molecule has 1 aromatic rings. The second-order valence-electron chi connectivity index (χ2n) is 5.38. The standard InChI is InChI=1S/C16H23NO/c1-3-4-5-6-9-12(2)15-13-10-7-8-11-14(13)17-16(15)18/h7-8,10-12,15H,3-6,9H2,1-2H3,(H,17,18). The van der Waals surface area contributed by atoms with Gasteiger partial charge in [0.25, 0.3) is 0 Å². The number of amides is 1. The summed E-state index contributed by atoms with van der Waals surface area (Å²) in [6.45, 7) is 4.43. The summed E-state index contributed by atoms with van der Waals surface area (Å²) in [4.78, 5) is 12.1. The van der Waals surface area contributed by atoms with Crippen molar-refractivity contribution in [1.82, 2.24) is 0 Å². The Bertz CT molecular complexity index is 413. The predicted octanol–water partition coefficient (Wildman–Crippen LogP) is 4.33. The molecule has 1 aliphatic rings. The van der Waals surface area contributed by atoms with Crippen molar-refractivity contribution < 1.29 is 4.79 Å². The van der Waals surface area contributed by atoms with Crippen LogP contribution in [0.1, 0.15) is 57.4 Å². The molecular formula is C16H23NO. The van der Waals surface area contributed by atoms with Crippen LogP contribution < -0.4 is 5.32 Å². The van der Waals surface area contributed by atoms with Crippen LogP contribution in [0.3, 0.4) is 0 Å². The van der Waals surface area contributed by atoms with Crippen LogP contribution in [0.5, 0.6) is 0 Å². The van der Waals surface area contributed by atoms with Crippen molar-refractivity contribution in [3.63, 3.8) is 0 Å². The maximum atomic E-state index is 12.1. The van der Waals surface area contributed by atoms with E-state index in [9.17, 15) is 4.79 Å². The molecule has 0 saturated heterocycles. The summed E-state index contributed by atoms with van der Waals surface area (Å²) < 4.78 is 0. The average Bonchev–Trinajstić information content (AvgIpc) is 2.70. The first-order valence-electron chi connectivity index (χ1n) is 7.13. The van der Waals surface area contributed by atoms with Crippen molar-refractivity contribution in [2.45, 2.75) is 51.9 Å². The molecule has 1 aromatic carbocycles. The van der Waals surface area contributed by atoms with Gasteiger partial charge in [-0.05, 0) is 24.0 Å². The van der Waals surface area contributed by atoms with Gasteiger partial charge in [-0.1, -0.05) is 57.7 Å². The summed E-state index contributed by atoms with van der Waals surface area (Å²) in [7, 11) is 0. The Morgan fingerprint density at radius 2 is 2.00 bits per heavy atom. The maximum absolute atomic E-state index is 12.1. The zero-order chi connectivity index (χ0) is 13.0. The minimum Gasteiger partial charge on any atom is -0.325 e. The summed E-state index contributed by atoms with van der Waals surface area (Å²) in [5, 5.41) is 2.99. The third-order valence-electron chi connectivity index (χ3n) is 3.92. The highest BCUT2D eigenvalue weighted by molar-refractivity contribution is 6.03. The lowest BCUT2D eigenvalue weighted by Crippen LogP contribution is -2.18. The number of rotatable bonds is 6. The van der Waals surface area contributed by atoms with Crippen LogP contribution in [-0.4, -0.2) is 5.91 Å². The third-order valence-corrected chi connectivity index (χ3v) is 3.92. The SMILES string of the molecule is CCCCCCC(C)C1C(=O)Nc2ccccc21. The number of hydrogen-bond donors (Lipinski definition) is 1. The van der Waals surface area contributed by atoms with Crippen molar-refractivity contribution in [2.75, 3.05) is 5.32 Å². The van der Waals surface area contributed by atoms with Gasteiger partial charge in [-0.3, -0.25) is 4.79 Å². The highest BCUT2D eigenvalue weighted by atomic mass is 16.2. The summed E-state index contributed by atoms with van der Waals surface area (Å²) in [5.74, 6) is 0.674. The molecule has 2 nitrogen and oxygen atoms in total. The van der Waals surface area contributed by atoms with Crippen LogP contribution in [0, 0.1) is 5.92 Å². The normalized spacial score (nSPS) is 19.4. The molecule has 0 radical (unpaired) electrons. The second-order valence-corrected chi connectivity index (χ2v) is 5.38. The molecular weight excluding hydrogens is 222 g/mol. The zero-order valence-electron chi connectivity index (χ0n) is 11.4. The quantitative estimate of drug-likeness (QED) is 0.743. The number of nitrogens with one attached hydrogen (secondary N) is 1. The number of carbonyl (C=O) groups is 1. The highest BCUT2D eigenvalue weighted by Gasteiger charge is 2.33. The average molecular weight is 245 g/mol. The van der Waals surface area contributed by atoms with Crippen molar-refractivity contribution in [3.05, 3.63) is 29.8 Å². The molecule has 1 aliphatic heterocycles. The number of benzene rings is 1. The fourth-order valence-corrected chi connectivity index (χ4v) is 2.86. The molecule has 1 N–H and O–H groups in total. The van der Waals surface area contributed by atoms with Gasteiger partial charge in [-0.25, -0.2) is 0 Å². The molecule has 0 aromatic heterocycles. The first-order valence-corrected chi connectivity index (χ1v) is 7.13. The minimum atomic E-state index is 0.0582. The first kappa shape index (κ1) is 13.1. The summed E-state index contributed by atoms with van der Waals surface area (Å²) in [5.41, 5.74) is 2.19. The minimum absolute atomic E-state index is 0.0582. The van der Waals surface area contributed by atoms with Gasteiger partial charge in [0.2, 0.25) is 5.91 Å². The molecule has 2 atom stereocenters. The number of hydrogen-bond acceptors (Lipinski definition) is 1. The third kappa shape index (κ3) is 2.74. The summed E-state index contributed by atoms with van der Waals surface area (Å²) in [6.07, 6.45) is 6.24. The molecule has 1 amide bonds. The number of anilines is 1. The number of para-hydroxylation sites is 1. The van der Waals surface area contributed by atoms with E-state index < -0.39 is 0 Å². The Kier molecular flexibility index (Phi) is 4.40. The van der Waals surface area contributed by atoms with Crippen LogP contribution in [-0.2, 0) is 4.79 Å². The van der Waals surface area contributed by atoms with Crippen molar-refractivity contribution >= 4 is 11.6 Å². The Balaban J connectivity index is 1.98. The van der Waals surface area contributed by atoms with Crippen LogP contribution in [0.15, 0.2) is 24.3 Å². The second kappa shape index (κ2) is 6.03. The lowest BCUT2D eigenvalue weighted by atomic mass is 9.85. The molecule has 0 aliphatic carbocycles. The smallest absolute Gasteiger partial charge is 0.232 e. The van der Waals surface area contributed by atoms with E-state index in [1.54, 1.807) is 0 Å². The van der Waals surface area contributed by atoms with Gasteiger partial charge in [0.05, 0.1) is 5.92 Å². The van der Waals surface area contributed by atoms with Gasteiger partial charge < -0.3 is 5.32 Å². The lowest BCUT2D eigenvalue weighted by molar-refractivity contribution is -0.118. The Morgan fingerprint density at radius 3 is 2.78 bits per heavy atom. The van der Waals surface area contributed by atoms with E-state index in [1.807, 2.05) is 18.2 Å². The highest BCUT2D eigenvalue weighted by Crippen LogP contribution is 2.38. The fourth-order valence-electron chi connectivity index (χ4n) is 2.86. The van der Waals surface area contributed by atoms with Crippen molar-refractivity contribution in [3.8, 4) is 0 Å². The van der Waals surface area contributed by atoms with Gasteiger partial charge in [-0.2, -0.15) is 0 Å². The van der Waals surface area contributed by atoms with Gasteiger partial charge in [0.15, 0.2) is 0 Å². The molecule has 0 spiro atoms. The molecule has 0 fully saturated rings. The van der Waals surface area contributed by atoms with E-state index >= 15 is 0 Å². The molecule has 2 rings (SSSR count). The van der Waals surface area contributed by atoms with E-state index in [0.717, 1.165) is 12.1 Å². The number of fused-ring (bicyclic) bond motifs is 1. The van der Waals surface area contributed by atoms with Gasteiger partial charge in [0, 0.05) is 5.69 Å². The predicted molar refractivity (Wildman–Crippen MR) is 75.7 cm³/mol. The van der Waals surface area contributed by atoms with Crippen molar-refractivity contribution in [1.29, 1.82) is 0 Å². The Labute approximate surface area is 110 Å². The molecule has 1 heterocycles. The summed E-state index contributed by atoms with van der Waals surface area (Å²) in [6, 6.07) is 8.08. The summed E-state index contributed by atoms with van der Waals surface area (Å²) >= 11 is 0. The molecule has 2 unspecified atom stereocenters. The van der Waals surface area contributed by atoms with Crippen molar-refractivity contribution in [2.24, 2.45) is 5.92 Å². The van der Waals surface area contributed by atoms with E-state index in [1.165, 1.54) is 31.2 Å². The van der Waals surface area contributed by atoms with Crippen LogP contribution >= 0.6 is 0 Å². The zero-order valence-corrected chi connectivity index (χ0v) is 11.4. The monoisotopic (exact) mass is 245 g/mol. The van der Waals surface area contributed by atoms with Crippen LogP contribution in [0.25, 0.3) is 0 Å². The van der Waals surface area contributed by atoms with Gasteiger partial charge >= 0.3 is 0 Å². The van der Waals surface area contributed by atoms with E-state index in [-0.39, 0.29) is 11.8 Å². The maximum Gasteiger partial charge on any atom is 0.232 e. The molecule has 2 heteroatoms. The van der Waals surface area contributed by atoms with E-state index in [4.69, 9.17) is 0 Å². The Hall–Kier alpha value is -1.31. The number of unbranched alkanes of at least 4 members (excludes halogenated alkanes) is 3. The van der Waals surface area contributed by atoms with Crippen LogP contribution in [0.2, 0.25) is 0 Å². The molecule has 18 heavy (non-hydrogen) atoms. The first-order chi connectivity index (χ1) is 8.74. The van der Waals surface area contributed by atoms with E-state index in [0.29, 0.717) is 5.92 Å².